The normalized spacial score (nSPS) is 17.6. The zero-order chi connectivity index (χ0) is 19.0. The van der Waals surface area contributed by atoms with Crippen molar-refractivity contribution >= 4 is 39.1 Å². The van der Waals surface area contributed by atoms with Crippen molar-refractivity contribution in [1.82, 2.24) is 9.55 Å². The van der Waals surface area contributed by atoms with Crippen LogP contribution in [0.25, 0.3) is 10.2 Å². The molecule has 1 atom stereocenters. The van der Waals surface area contributed by atoms with Crippen LogP contribution in [0.2, 0.25) is 0 Å². The van der Waals surface area contributed by atoms with Crippen molar-refractivity contribution < 1.29 is 4.79 Å². The van der Waals surface area contributed by atoms with Gasteiger partial charge in [-0.1, -0.05) is 48.5 Å². The summed E-state index contributed by atoms with van der Waals surface area (Å²) in [4.78, 5) is 32.4. The number of ketones is 1. The minimum atomic E-state index is -0.0905. The number of rotatable bonds is 4. The van der Waals surface area contributed by atoms with Crippen molar-refractivity contribution in [3.63, 3.8) is 0 Å². The molecule has 0 amide bonds. The smallest absolute Gasteiger partial charge is 0.263 e. The standard InChI is InChI=1S/C21H22N2O2S2/c1-13-14(2)26-19-18(13)20(25)23(12-15-8-4-3-5-9-15)21(22-19)27-17-11-7-6-10-16(17)24/h3-5,8-9,17H,6-7,10-12H2,1-2H3/t17-/m1/s1. The average molecular weight is 399 g/mol. The molecule has 0 radical (unpaired) electrons. The molecule has 0 unspecified atom stereocenters. The van der Waals surface area contributed by atoms with Crippen LogP contribution in [0.3, 0.4) is 0 Å². The number of aryl methyl sites for hydroxylation is 2. The molecule has 2 aromatic heterocycles. The number of thioether (sulfide) groups is 1. The number of carbonyl (C=O) groups is 1. The van der Waals surface area contributed by atoms with Gasteiger partial charge in [0.1, 0.15) is 10.6 Å². The van der Waals surface area contributed by atoms with Crippen LogP contribution in [0.5, 0.6) is 0 Å². The molecular formula is C21H22N2O2S2. The zero-order valence-electron chi connectivity index (χ0n) is 15.5. The van der Waals surface area contributed by atoms with Gasteiger partial charge >= 0.3 is 0 Å². The van der Waals surface area contributed by atoms with Gasteiger partial charge in [0.25, 0.3) is 5.56 Å². The maximum absolute atomic E-state index is 13.3. The van der Waals surface area contributed by atoms with E-state index in [1.54, 1.807) is 15.9 Å². The summed E-state index contributed by atoms with van der Waals surface area (Å²) in [5.41, 5.74) is 2.07. The summed E-state index contributed by atoms with van der Waals surface area (Å²) in [7, 11) is 0. The lowest BCUT2D eigenvalue weighted by Crippen LogP contribution is -2.27. The first kappa shape index (κ1) is 18.4. The second-order valence-corrected chi connectivity index (χ2v) is 9.43. The van der Waals surface area contributed by atoms with E-state index in [0.29, 0.717) is 23.5 Å². The van der Waals surface area contributed by atoms with Crippen molar-refractivity contribution in [1.29, 1.82) is 0 Å². The minimum absolute atomic E-state index is 0.00328. The number of hydrogen-bond acceptors (Lipinski definition) is 5. The predicted molar refractivity (Wildman–Crippen MR) is 112 cm³/mol. The zero-order valence-corrected chi connectivity index (χ0v) is 17.2. The topological polar surface area (TPSA) is 52.0 Å². The van der Waals surface area contributed by atoms with Crippen LogP contribution in [0.15, 0.2) is 40.3 Å². The van der Waals surface area contributed by atoms with E-state index in [1.807, 2.05) is 44.2 Å². The molecule has 6 heteroatoms. The Labute approximate surface area is 166 Å². The van der Waals surface area contributed by atoms with E-state index < -0.39 is 0 Å². The minimum Gasteiger partial charge on any atom is -0.298 e. The van der Waals surface area contributed by atoms with Crippen LogP contribution in [0.4, 0.5) is 0 Å². The van der Waals surface area contributed by atoms with E-state index in [9.17, 15) is 9.59 Å². The first-order chi connectivity index (χ1) is 13.0. The maximum Gasteiger partial charge on any atom is 0.263 e. The Morgan fingerprint density at radius 3 is 2.70 bits per heavy atom. The Kier molecular flexibility index (Phi) is 5.19. The highest BCUT2D eigenvalue weighted by Crippen LogP contribution is 2.33. The molecule has 1 aliphatic rings. The highest BCUT2D eigenvalue weighted by Gasteiger charge is 2.26. The van der Waals surface area contributed by atoms with E-state index >= 15 is 0 Å². The molecule has 1 aliphatic carbocycles. The number of fused-ring (bicyclic) bond motifs is 1. The molecule has 1 fully saturated rings. The Morgan fingerprint density at radius 1 is 1.19 bits per heavy atom. The van der Waals surface area contributed by atoms with Crippen LogP contribution in [-0.4, -0.2) is 20.6 Å². The summed E-state index contributed by atoms with van der Waals surface area (Å²) in [6.45, 7) is 4.49. The maximum atomic E-state index is 13.3. The second-order valence-electron chi connectivity index (χ2n) is 7.05. The van der Waals surface area contributed by atoms with Crippen LogP contribution < -0.4 is 5.56 Å². The van der Waals surface area contributed by atoms with Crippen molar-refractivity contribution in [2.75, 3.05) is 0 Å². The third-order valence-electron chi connectivity index (χ3n) is 5.18. The monoisotopic (exact) mass is 398 g/mol. The Hall–Kier alpha value is -1.92. The van der Waals surface area contributed by atoms with Crippen molar-refractivity contribution in [3.8, 4) is 0 Å². The van der Waals surface area contributed by atoms with Crippen LogP contribution >= 0.6 is 23.1 Å². The largest absolute Gasteiger partial charge is 0.298 e. The van der Waals surface area contributed by atoms with E-state index in [1.165, 1.54) is 11.8 Å². The van der Waals surface area contributed by atoms with E-state index in [-0.39, 0.29) is 16.6 Å². The number of benzene rings is 1. The molecule has 0 spiro atoms. The van der Waals surface area contributed by atoms with Gasteiger partial charge in [0.05, 0.1) is 17.2 Å². The van der Waals surface area contributed by atoms with Gasteiger partial charge < -0.3 is 0 Å². The number of nitrogens with zero attached hydrogens (tertiary/aromatic N) is 2. The molecule has 140 valence electrons. The Bertz CT molecular complexity index is 1050. The summed E-state index contributed by atoms with van der Waals surface area (Å²) in [6, 6.07) is 9.95. The third kappa shape index (κ3) is 3.60. The highest BCUT2D eigenvalue weighted by molar-refractivity contribution is 8.00. The van der Waals surface area contributed by atoms with E-state index in [0.717, 1.165) is 40.1 Å². The highest BCUT2D eigenvalue weighted by atomic mass is 32.2. The van der Waals surface area contributed by atoms with Gasteiger partial charge in [-0.05, 0) is 37.8 Å². The molecule has 2 heterocycles. The summed E-state index contributed by atoms with van der Waals surface area (Å²) in [5.74, 6) is 0.283. The summed E-state index contributed by atoms with van der Waals surface area (Å²) in [5, 5.41) is 1.29. The summed E-state index contributed by atoms with van der Waals surface area (Å²) < 4.78 is 1.75. The van der Waals surface area contributed by atoms with Gasteiger partial charge in [0.15, 0.2) is 5.16 Å². The second kappa shape index (κ2) is 7.60. The van der Waals surface area contributed by atoms with Gasteiger partial charge in [-0.3, -0.25) is 14.2 Å². The first-order valence-corrected chi connectivity index (χ1v) is 11.0. The Morgan fingerprint density at radius 2 is 1.96 bits per heavy atom. The molecule has 0 bridgehead atoms. The number of hydrogen-bond donors (Lipinski definition) is 0. The fourth-order valence-corrected chi connectivity index (χ4v) is 5.79. The van der Waals surface area contributed by atoms with Gasteiger partial charge in [-0.15, -0.1) is 11.3 Å². The molecule has 1 aromatic carbocycles. The number of thiophene rings is 1. The number of aromatic nitrogens is 2. The SMILES string of the molecule is Cc1sc2nc(S[C@@H]3CCCCC3=O)n(Cc3ccccc3)c(=O)c2c1C. The van der Waals surface area contributed by atoms with Crippen molar-refractivity contribution in [3.05, 3.63) is 56.7 Å². The molecular weight excluding hydrogens is 376 g/mol. The molecule has 0 N–H and O–H groups in total. The quantitative estimate of drug-likeness (QED) is 0.596. The summed E-state index contributed by atoms with van der Waals surface area (Å²) in [6.07, 6.45) is 3.54. The van der Waals surface area contributed by atoms with Crippen LogP contribution in [-0.2, 0) is 11.3 Å². The van der Waals surface area contributed by atoms with Crippen molar-refractivity contribution in [2.45, 2.75) is 56.5 Å². The summed E-state index contributed by atoms with van der Waals surface area (Å²) >= 11 is 3.03. The number of carbonyl (C=O) groups excluding carboxylic acids is 1. The van der Waals surface area contributed by atoms with E-state index in [2.05, 4.69) is 0 Å². The van der Waals surface area contributed by atoms with Crippen LogP contribution in [0, 0.1) is 13.8 Å². The molecule has 3 aromatic rings. The lowest BCUT2D eigenvalue weighted by Gasteiger charge is -2.21. The van der Waals surface area contributed by atoms with Gasteiger partial charge in [0.2, 0.25) is 0 Å². The van der Waals surface area contributed by atoms with E-state index in [4.69, 9.17) is 4.98 Å². The lowest BCUT2D eigenvalue weighted by atomic mass is 9.99. The Balaban J connectivity index is 1.83. The van der Waals surface area contributed by atoms with Gasteiger partial charge in [-0.25, -0.2) is 4.98 Å². The fourth-order valence-electron chi connectivity index (χ4n) is 3.51. The fraction of sp³-hybridized carbons (Fsp3) is 0.381. The molecule has 0 saturated heterocycles. The van der Waals surface area contributed by atoms with Gasteiger partial charge in [-0.2, -0.15) is 0 Å². The van der Waals surface area contributed by atoms with Crippen molar-refractivity contribution in [2.24, 2.45) is 0 Å². The van der Waals surface area contributed by atoms with Gasteiger partial charge in [0, 0.05) is 11.3 Å². The molecule has 0 aliphatic heterocycles. The van der Waals surface area contributed by atoms with Crippen LogP contribution in [0.1, 0.15) is 41.7 Å². The predicted octanol–water partition coefficient (Wildman–Crippen LogP) is 4.73. The molecule has 4 nitrogen and oxygen atoms in total. The molecule has 27 heavy (non-hydrogen) atoms. The first-order valence-electron chi connectivity index (χ1n) is 9.28. The average Bonchev–Trinajstić information content (AvgIpc) is 2.95. The lowest BCUT2D eigenvalue weighted by molar-refractivity contribution is -0.119. The third-order valence-corrected chi connectivity index (χ3v) is 7.59. The number of Topliss-reactive ketones (excluding diaryl/α,β-unsaturated/α-hetero) is 1. The molecule has 4 rings (SSSR count). The molecule has 1 saturated carbocycles.